The topological polar surface area (TPSA) is 0 Å². The van der Waals surface area contributed by atoms with Crippen LogP contribution in [0.2, 0.25) is 0 Å². The Morgan fingerprint density at radius 3 is 2.50 bits per heavy atom. The first kappa shape index (κ1) is 23.4. The zero-order chi connectivity index (χ0) is 22.7. The molecule has 4 rings (SSSR count). The molecule has 174 valence electrons. The van der Waals surface area contributed by atoms with Crippen molar-refractivity contribution in [2.75, 3.05) is 0 Å². The second-order valence-electron chi connectivity index (χ2n) is 10.2. The minimum Gasteiger partial charge on any atom is -0.206 e. The van der Waals surface area contributed by atoms with Crippen molar-refractivity contribution in [3.8, 4) is 0 Å². The molecule has 0 N–H and O–H groups in total. The highest BCUT2D eigenvalue weighted by atomic mass is 19.2. The van der Waals surface area contributed by atoms with Crippen LogP contribution in [0, 0.1) is 35.2 Å². The Morgan fingerprint density at radius 1 is 0.938 bits per heavy atom. The lowest BCUT2D eigenvalue weighted by Gasteiger charge is -2.42. The predicted molar refractivity (Wildman–Crippen MR) is 127 cm³/mol. The summed E-state index contributed by atoms with van der Waals surface area (Å²) in [6.07, 6.45) is 15.8. The fraction of sp³-hybridized carbons (Fsp3) is 0.586. The highest BCUT2D eigenvalue weighted by Crippen LogP contribution is 2.49. The van der Waals surface area contributed by atoms with E-state index in [-0.39, 0.29) is 11.3 Å². The zero-order valence-corrected chi connectivity index (χ0v) is 19.6. The molecule has 0 radical (unpaired) electrons. The minimum absolute atomic E-state index is 0.115. The van der Waals surface area contributed by atoms with Gasteiger partial charge < -0.3 is 0 Å². The van der Waals surface area contributed by atoms with Crippen LogP contribution in [0.3, 0.4) is 0 Å². The van der Waals surface area contributed by atoms with Gasteiger partial charge in [-0.1, -0.05) is 56.9 Å². The second-order valence-corrected chi connectivity index (χ2v) is 10.2. The molecule has 0 bridgehead atoms. The van der Waals surface area contributed by atoms with Crippen molar-refractivity contribution in [1.82, 2.24) is 0 Å². The predicted octanol–water partition coefficient (Wildman–Crippen LogP) is 9.26. The number of rotatable bonds is 7. The quantitative estimate of drug-likeness (QED) is 0.375. The molecule has 2 aliphatic rings. The lowest BCUT2D eigenvalue weighted by Crippen LogP contribution is -2.30. The highest BCUT2D eigenvalue weighted by molar-refractivity contribution is 5.85. The molecule has 0 aliphatic heterocycles. The number of benzene rings is 2. The monoisotopic (exact) mass is 442 g/mol. The average molecular weight is 443 g/mol. The second kappa shape index (κ2) is 10.4. The molecule has 0 saturated heterocycles. The Hall–Kier alpha value is -1.77. The first-order valence-corrected chi connectivity index (χ1v) is 12.7. The zero-order valence-electron chi connectivity index (χ0n) is 19.6. The van der Waals surface area contributed by atoms with Crippen molar-refractivity contribution in [3.63, 3.8) is 0 Å². The van der Waals surface area contributed by atoms with Gasteiger partial charge in [-0.05, 0) is 98.1 Å². The van der Waals surface area contributed by atoms with E-state index in [1.54, 1.807) is 12.1 Å². The number of allylic oxidation sites excluding steroid dienone is 2. The lowest BCUT2D eigenvalue weighted by molar-refractivity contribution is 0.113. The maximum atomic E-state index is 15.5. The van der Waals surface area contributed by atoms with E-state index >= 15 is 4.39 Å². The first-order valence-electron chi connectivity index (χ1n) is 12.7. The normalized spacial score (nSPS) is 26.0. The van der Waals surface area contributed by atoms with Crippen molar-refractivity contribution in [2.45, 2.75) is 90.4 Å². The molecule has 2 fully saturated rings. The van der Waals surface area contributed by atoms with Crippen molar-refractivity contribution < 1.29 is 13.2 Å². The van der Waals surface area contributed by atoms with Crippen molar-refractivity contribution in [1.29, 1.82) is 0 Å². The van der Waals surface area contributed by atoms with Crippen molar-refractivity contribution >= 4 is 10.8 Å². The Bertz CT molecular complexity index is 961. The Morgan fingerprint density at radius 2 is 1.72 bits per heavy atom. The SMILES string of the molecule is C/C=C/CCc1cc2ccc([C@@H]3CC[C@@H]4CC(CCCC)CCC4C3)c(F)c2c(F)c1F. The standard InChI is InChI=1S/C29H37F3/c1-3-5-7-9-24-18-23-14-15-25(28(31)26(23)29(32)27(24)30)22-13-12-20-16-19(8-6-4-2)10-11-21(20)17-22/h3,5,14-15,18-22H,4,6-13,16-17H2,1-2H3/b5-3+/t19?,20-,21?,22-/m1/s1. The van der Waals surface area contributed by atoms with E-state index in [1.807, 2.05) is 25.1 Å². The molecule has 2 unspecified atom stereocenters. The van der Waals surface area contributed by atoms with Crippen LogP contribution in [0.15, 0.2) is 30.4 Å². The molecule has 4 atom stereocenters. The van der Waals surface area contributed by atoms with E-state index in [1.165, 1.54) is 38.5 Å². The van der Waals surface area contributed by atoms with Gasteiger partial charge in [0, 0.05) is 0 Å². The summed E-state index contributed by atoms with van der Waals surface area (Å²) < 4.78 is 45.2. The van der Waals surface area contributed by atoms with E-state index in [0.29, 0.717) is 35.3 Å². The van der Waals surface area contributed by atoms with Crippen LogP contribution in [0.25, 0.3) is 10.8 Å². The molecule has 2 saturated carbocycles. The highest BCUT2D eigenvalue weighted by Gasteiger charge is 2.36. The van der Waals surface area contributed by atoms with Crippen LogP contribution < -0.4 is 0 Å². The summed E-state index contributed by atoms with van der Waals surface area (Å²) in [6.45, 7) is 4.16. The van der Waals surface area contributed by atoms with E-state index < -0.39 is 17.5 Å². The van der Waals surface area contributed by atoms with Crippen LogP contribution in [-0.2, 0) is 6.42 Å². The molecule has 0 aromatic heterocycles. The number of halogens is 3. The van der Waals surface area contributed by atoms with Crippen molar-refractivity contribution in [3.05, 3.63) is 58.9 Å². The van der Waals surface area contributed by atoms with E-state index in [2.05, 4.69) is 6.92 Å². The summed E-state index contributed by atoms with van der Waals surface area (Å²) in [6, 6.07) is 5.25. The first-order chi connectivity index (χ1) is 15.5. The molecular weight excluding hydrogens is 405 g/mol. The number of aryl methyl sites for hydroxylation is 1. The molecule has 0 amide bonds. The average Bonchev–Trinajstić information content (AvgIpc) is 2.80. The van der Waals surface area contributed by atoms with Crippen molar-refractivity contribution in [2.24, 2.45) is 17.8 Å². The third kappa shape index (κ3) is 4.77. The van der Waals surface area contributed by atoms with Crippen LogP contribution in [-0.4, -0.2) is 0 Å². The number of fused-ring (bicyclic) bond motifs is 2. The molecule has 3 heteroatoms. The molecule has 2 aromatic carbocycles. The summed E-state index contributed by atoms with van der Waals surface area (Å²) in [7, 11) is 0. The fourth-order valence-electron chi connectivity index (χ4n) is 6.38. The molecule has 0 spiro atoms. The number of hydrogen-bond donors (Lipinski definition) is 0. The third-order valence-electron chi connectivity index (χ3n) is 8.17. The molecule has 2 aliphatic carbocycles. The molecule has 2 aromatic rings. The summed E-state index contributed by atoms with van der Waals surface area (Å²) in [4.78, 5) is 0. The number of hydrogen-bond acceptors (Lipinski definition) is 0. The summed E-state index contributed by atoms with van der Waals surface area (Å²) in [5, 5.41) is 0.297. The van der Waals surface area contributed by atoms with Gasteiger partial charge in [0.1, 0.15) is 5.82 Å². The maximum Gasteiger partial charge on any atom is 0.169 e. The van der Waals surface area contributed by atoms with Gasteiger partial charge in [-0.3, -0.25) is 0 Å². The fourth-order valence-corrected chi connectivity index (χ4v) is 6.38. The smallest absolute Gasteiger partial charge is 0.169 e. The van der Waals surface area contributed by atoms with E-state index in [9.17, 15) is 8.78 Å². The molecule has 0 heterocycles. The van der Waals surface area contributed by atoms with Crippen LogP contribution in [0.5, 0.6) is 0 Å². The van der Waals surface area contributed by atoms with Gasteiger partial charge in [0.05, 0.1) is 5.39 Å². The number of unbranched alkanes of at least 4 members (excludes halogenated alkanes) is 1. The van der Waals surface area contributed by atoms with Crippen LogP contribution in [0.1, 0.15) is 95.1 Å². The largest absolute Gasteiger partial charge is 0.206 e. The van der Waals surface area contributed by atoms with Gasteiger partial charge >= 0.3 is 0 Å². The summed E-state index contributed by atoms with van der Waals surface area (Å²) in [5.74, 6) is -0.0703. The van der Waals surface area contributed by atoms with Crippen LogP contribution in [0.4, 0.5) is 13.2 Å². The summed E-state index contributed by atoms with van der Waals surface area (Å²) in [5.41, 5.74) is 0.907. The maximum absolute atomic E-state index is 15.5. The van der Waals surface area contributed by atoms with Gasteiger partial charge in [0.25, 0.3) is 0 Å². The van der Waals surface area contributed by atoms with Crippen LogP contribution >= 0.6 is 0 Å². The van der Waals surface area contributed by atoms with E-state index in [4.69, 9.17) is 0 Å². The third-order valence-corrected chi connectivity index (χ3v) is 8.17. The van der Waals surface area contributed by atoms with Gasteiger partial charge in [-0.15, -0.1) is 0 Å². The van der Waals surface area contributed by atoms with E-state index in [0.717, 1.165) is 31.1 Å². The van der Waals surface area contributed by atoms with Gasteiger partial charge in [-0.2, -0.15) is 0 Å². The molecule has 32 heavy (non-hydrogen) atoms. The molecule has 0 nitrogen and oxygen atoms in total. The Balaban J connectivity index is 1.53. The minimum atomic E-state index is -1.03. The molecular formula is C29H37F3. The van der Waals surface area contributed by atoms with Gasteiger partial charge in [0.2, 0.25) is 0 Å². The lowest BCUT2D eigenvalue weighted by atomic mass is 9.63. The van der Waals surface area contributed by atoms with Gasteiger partial charge in [-0.25, -0.2) is 13.2 Å². The Kier molecular flexibility index (Phi) is 7.63. The summed E-state index contributed by atoms with van der Waals surface area (Å²) >= 11 is 0. The Labute approximate surface area is 191 Å². The van der Waals surface area contributed by atoms with Gasteiger partial charge in [0.15, 0.2) is 11.6 Å².